The molecule has 0 aliphatic carbocycles. The second-order valence-corrected chi connectivity index (χ2v) is 1.56. The molecule has 0 heterocycles. The van der Waals surface area contributed by atoms with Gasteiger partial charge < -0.3 is 10.4 Å². The first-order chi connectivity index (χ1) is 3.63. The lowest BCUT2D eigenvalue weighted by Crippen LogP contribution is -2.29. The van der Waals surface area contributed by atoms with Gasteiger partial charge >= 0.3 is 6.03 Å². The molecule has 0 spiro atoms. The Morgan fingerprint density at radius 1 is 2.00 bits per heavy atom. The molecule has 0 aliphatic rings. The summed E-state index contributed by atoms with van der Waals surface area (Å²) in [4.78, 5) is 9.79. The van der Waals surface area contributed by atoms with E-state index in [-0.39, 0.29) is 6.54 Å². The molecule has 0 bridgehead atoms. The maximum atomic E-state index is 9.79. The molecule has 0 aromatic carbocycles. The number of carbonyl (C=O) groups is 1. The molecule has 4 nitrogen and oxygen atoms in total. The summed E-state index contributed by atoms with van der Waals surface area (Å²) in [5.74, 6) is 0. The summed E-state index contributed by atoms with van der Waals surface area (Å²) in [5.41, 5.74) is 6.31. The first-order valence-electron chi connectivity index (χ1n) is 2.30. The van der Waals surface area contributed by atoms with E-state index in [0.717, 1.165) is 0 Å². The van der Waals surface area contributed by atoms with E-state index in [1.54, 1.807) is 0 Å². The number of hydrogen-bond donors (Lipinski definition) is 2. The van der Waals surface area contributed by atoms with Gasteiger partial charge in [0, 0.05) is 6.54 Å². The highest BCUT2D eigenvalue weighted by Gasteiger charge is 1.95. The minimum atomic E-state index is -0.856. The van der Waals surface area contributed by atoms with Crippen molar-refractivity contribution in [2.75, 3.05) is 6.54 Å². The lowest BCUT2D eigenvalue weighted by molar-refractivity contribution is 0.189. The zero-order valence-corrected chi connectivity index (χ0v) is 4.64. The lowest BCUT2D eigenvalue weighted by Gasteiger charge is -2.01. The Kier molecular flexibility index (Phi) is 2.95. The van der Waals surface area contributed by atoms with Gasteiger partial charge in [0.2, 0.25) is 0 Å². The number of amides is 2. The second-order valence-electron chi connectivity index (χ2n) is 1.56. The van der Waals surface area contributed by atoms with Gasteiger partial charge in [-0.3, -0.25) is 0 Å². The van der Waals surface area contributed by atoms with E-state index in [1.807, 2.05) is 0 Å². The summed E-state index contributed by atoms with van der Waals surface area (Å²) in [7, 11) is 0. The van der Waals surface area contributed by atoms with Gasteiger partial charge in [-0.25, -0.2) is 10.5 Å². The van der Waals surface area contributed by atoms with Crippen LogP contribution in [0.25, 0.3) is 0 Å². The summed E-state index contributed by atoms with van der Waals surface area (Å²) in [6.07, 6.45) is -0.565. The van der Waals surface area contributed by atoms with E-state index >= 15 is 0 Å². The Labute approximate surface area is 47.7 Å². The van der Waals surface area contributed by atoms with Gasteiger partial charge in [-0.1, -0.05) is 0 Å². The van der Waals surface area contributed by atoms with Gasteiger partial charge in [-0.15, -0.1) is 0 Å². The summed E-state index contributed by atoms with van der Waals surface area (Å²) >= 11 is 0. The molecule has 0 saturated carbocycles. The average Bonchev–Trinajstić information content (AvgIpc) is 1.61. The Bertz CT molecular complexity index is 82.1. The molecule has 2 amide bonds. The van der Waals surface area contributed by atoms with Gasteiger partial charge in [-0.2, -0.15) is 0 Å². The Morgan fingerprint density at radius 3 is 2.62 bits per heavy atom. The zero-order valence-electron chi connectivity index (χ0n) is 4.64. The van der Waals surface area contributed by atoms with Crippen LogP contribution >= 0.6 is 0 Å². The fourth-order valence-electron chi connectivity index (χ4n) is 0.240. The standard InChI is InChI=1S/C4H9N2O2/c1-3(7)2-6-4(5)8/h3,5,7H,2H2,1H3,(H,6,8). The molecular formula is C4H9N2O2. The lowest BCUT2D eigenvalue weighted by atomic mass is 10.4. The fourth-order valence-corrected chi connectivity index (χ4v) is 0.240. The molecule has 8 heavy (non-hydrogen) atoms. The second kappa shape index (κ2) is 3.26. The molecule has 0 saturated heterocycles. The summed E-state index contributed by atoms with van der Waals surface area (Å²) in [6.45, 7) is 1.69. The third kappa shape index (κ3) is 5.23. The van der Waals surface area contributed by atoms with Gasteiger partial charge in [-0.05, 0) is 6.92 Å². The third-order valence-electron chi connectivity index (χ3n) is 0.558. The van der Waals surface area contributed by atoms with E-state index in [0.29, 0.717) is 0 Å². The molecule has 47 valence electrons. The SMILES string of the molecule is CC(O)CNC([NH])=O. The van der Waals surface area contributed by atoms with E-state index in [4.69, 9.17) is 10.8 Å². The maximum absolute atomic E-state index is 9.79. The normalized spacial score (nSPS) is 12.8. The number of urea groups is 1. The highest BCUT2D eigenvalue weighted by atomic mass is 16.3. The molecular weight excluding hydrogens is 108 g/mol. The number of nitrogens with one attached hydrogen (secondary N) is 2. The molecule has 0 aromatic rings. The Morgan fingerprint density at radius 2 is 2.50 bits per heavy atom. The summed E-state index contributed by atoms with van der Waals surface area (Å²) in [5, 5.41) is 10.6. The number of aliphatic hydroxyl groups excluding tert-OH is 1. The van der Waals surface area contributed by atoms with Gasteiger partial charge in [0.05, 0.1) is 6.10 Å². The average molecular weight is 117 g/mol. The maximum Gasteiger partial charge on any atom is 0.333 e. The third-order valence-corrected chi connectivity index (χ3v) is 0.558. The molecule has 0 aliphatic heterocycles. The van der Waals surface area contributed by atoms with Crippen molar-refractivity contribution in [3.05, 3.63) is 0 Å². The Hall–Kier alpha value is -0.770. The van der Waals surface area contributed by atoms with Crippen LogP contribution in [-0.2, 0) is 0 Å². The van der Waals surface area contributed by atoms with Crippen LogP contribution in [0.2, 0.25) is 0 Å². The molecule has 0 fully saturated rings. The van der Waals surface area contributed by atoms with Gasteiger partial charge in [0.25, 0.3) is 0 Å². The summed E-state index contributed by atoms with van der Waals surface area (Å²) < 4.78 is 0. The quantitative estimate of drug-likeness (QED) is 0.505. The largest absolute Gasteiger partial charge is 0.392 e. The van der Waals surface area contributed by atoms with Crippen LogP contribution < -0.4 is 11.1 Å². The molecule has 0 aromatic heterocycles. The van der Waals surface area contributed by atoms with Crippen LogP contribution in [0.15, 0.2) is 0 Å². The van der Waals surface area contributed by atoms with Crippen molar-refractivity contribution >= 4 is 6.03 Å². The number of carbonyl (C=O) groups excluding carboxylic acids is 1. The van der Waals surface area contributed by atoms with Crippen LogP contribution in [0.5, 0.6) is 0 Å². The van der Waals surface area contributed by atoms with Crippen LogP contribution in [0.4, 0.5) is 4.79 Å². The van der Waals surface area contributed by atoms with E-state index < -0.39 is 12.1 Å². The Balaban J connectivity index is 3.05. The topological polar surface area (TPSA) is 73.1 Å². The number of hydrogen-bond acceptors (Lipinski definition) is 2. The fraction of sp³-hybridized carbons (Fsp3) is 0.750. The van der Waals surface area contributed by atoms with Crippen LogP contribution in [0.3, 0.4) is 0 Å². The van der Waals surface area contributed by atoms with Crippen molar-refractivity contribution < 1.29 is 9.90 Å². The van der Waals surface area contributed by atoms with Crippen molar-refractivity contribution in [3.63, 3.8) is 0 Å². The van der Waals surface area contributed by atoms with E-state index in [9.17, 15) is 4.79 Å². The molecule has 0 rings (SSSR count). The minimum absolute atomic E-state index is 0.155. The van der Waals surface area contributed by atoms with E-state index in [1.165, 1.54) is 6.92 Å². The van der Waals surface area contributed by atoms with Gasteiger partial charge in [0.1, 0.15) is 0 Å². The molecule has 1 radical (unpaired) electrons. The van der Waals surface area contributed by atoms with Crippen molar-refractivity contribution in [2.24, 2.45) is 0 Å². The number of aliphatic hydroxyl groups is 1. The first kappa shape index (κ1) is 7.23. The van der Waals surface area contributed by atoms with Crippen molar-refractivity contribution in [3.8, 4) is 0 Å². The summed E-state index contributed by atoms with van der Waals surface area (Å²) in [6, 6.07) is -0.856. The highest BCUT2D eigenvalue weighted by molar-refractivity contribution is 5.70. The zero-order chi connectivity index (χ0) is 6.57. The van der Waals surface area contributed by atoms with Crippen molar-refractivity contribution in [2.45, 2.75) is 13.0 Å². The van der Waals surface area contributed by atoms with Crippen LogP contribution in [-0.4, -0.2) is 23.8 Å². The molecule has 4 heteroatoms. The number of rotatable bonds is 2. The minimum Gasteiger partial charge on any atom is -0.392 e. The molecule has 1 unspecified atom stereocenters. The van der Waals surface area contributed by atoms with Crippen molar-refractivity contribution in [1.29, 1.82) is 0 Å². The van der Waals surface area contributed by atoms with Crippen molar-refractivity contribution in [1.82, 2.24) is 11.1 Å². The monoisotopic (exact) mass is 117 g/mol. The molecule has 1 atom stereocenters. The first-order valence-corrected chi connectivity index (χ1v) is 2.30. The smallest absolute Gasteiger partial charge is 0.333 e. The predicted molar refractivity (Wildman–Crippen MR) is 28.2 cm³/mol. The van der Waals surface area contributed by atoms with Gasteiger partial charge in [0.15, 0.2) is 0 Å². The van der Waals surface area contributed by atoms with Crippen LogP contribution in [0.1, 0.15) is 6.92 Å². The highest BCUT2D eigenvalue weighted by Crippen LogP contribution is 1.72. The predicted octanol–water partition coefficient (Wildman–Crippen LogP) is -0.640. The van der Waals surface area contributed by atoms with E-state index in [2.05, 4.69) is 5.32 Å². The van der Waals surface area contributed by atoms with Crippen LogP contribution in [0, 0.1) is 0 Å². The molecule has 3 N–H and O–H groups in total.